The highest BCUT2D eigenvalue weighted by molar-refractivity contribution is 9.10. The number of nitro groups is 1. The molecular weight excluding hydrogens is 384 g/mol. The van der Waals surface area contributed by atoms with Crippen LogP contribution in [0.5, 0.6) is 5.75 Å². The largest absolute Gasteiger partial charge is 0.573 e. The minimum absolute atomic E-state index is 0.0160. The van der Waals surface area contributed by atoms with Crippen molar-refractivity contribution in [3.63, 3.8) is 0 Å². The van der Waals surface area contributed by atoms with E-state index in [-0.39, 0.29) is 22.6 Å². The van der Waals surface area contributed by atoms with Crippen LogP contribution in [0.4, 0.5) is 24.5 Å². The number of alkyl halides is 4. The number of benzene rings is 1. The van der Waals surface area contributed by atoms with Crippen LogP contribution >= 0.6 is 27.5 Å². The molecule has 0 aliphatic rings. The van der Waals surface area contributed by atoms with Gasteiger partial charge in [0.2, 0.25) is 0 Å². The molecule has 1 aromatic rings. The fourth-order valence-corrected chi connectivity index (χ4v) is 2.03. The molecule has 118 valence electrons. The summed E-state index contributed by atoms with van der Waals surface area (Å²) in [7, 11) is 0. The monoisotopic (exact) mass is 392 g/mol. The minimum Gasteiger partial charge on any atom is -0.405 e. The Bertz CT molecular complexity index is 530. The highest BCUT2D eigenvalue weighted by atomic mass is 79.9. The van der Waals surface area contributed by atoms with E-state index in [0.29, 0.717) is 6.07 Å². The van der Waals surface area contributed by atoms with Crippen molar-refractivity contribution in [1.82, 2.24) is 0 Å². The quantitative estimate of drug-likeness (QED) is 0.440. The number of halogens is 5. The number of anilines is 1. The Labute approximate surface area is 130 Å². The lowest BCUT2D eigenvalue weighted by Crippen LogP contribution is -2.21. The van der Waals surface area contributed by atoms with Crippen molar-refractivity contribution in [3.8, 4) is 5.75 Å². The topological polar surface area (TPSA) is 84.6 Å². The molecule has 0 heterocycles. The van der Waals surface area contributed by atoms with Crippen molar-refractivity contribution in [1.29, 1.82) is 0 Å². The maximum atomic E-state index is 12.1. The van der Waals surface area contributed by atoms with Crippen LogP contribution < -0.4 is 10.1 Å². The van der Waals surface area contributed by atoms with Crippen molar-refractivity contribution < 1.29 is 27.9 Å². The van der Waals surface area contributed by atoms with E-state index in [1.807, 2.05) is 0 Å². The lowest BCUT2D eigenvalue weighted by atomic mass is 10.2. The zero-order valence-electron chi connectivity index (χ0n) is 10.2. The van der Waals surface area contributed by atoms with Crippen LogP contribution in [0.2, 0.25) is 0 Å². The Balaban J connectivity index is 3.10. The maximum Gasteiger partial charge on any atom is 0.573 e. The molecule has 0 saturated heterocycles. The van der Waals surface area contributed by atoms with Crippen LogP contribution in [0, 0.1) is 10.1 Å². The normalized spacial score (nSPS) is 12.9. The van der Waals surface area contributed by atoms with E-state index in [4.69, 9.17) is 11.6 Å². The van der Waals surface area contributed by atoms with Gasteiger partial charge in [0, 0.05) is 6.54 Å². The van der Waals surface area contributed by atoms with Crippen LogP contribution in [0.25, 0.3) is 0 Å². The zero-order valence-corrected chi connectivity index (χ0v) is 12.5. The smallest absolute Gasteiger partial charge is 0.405 e. The van der Waals surface area contributed by atoms with Gasteiger partial charge in [-0.25, -0.2) is 0 Å². The summed E-state index contributed by atoms with van der Waals surface area (Å²) in [6.07, 6.45) is -5.93. The predicted octanol–water partition coefficient (Wildman–Crippen LogP) is 3.27. The van der Waals surface area contributed by atoms with Gasteiger partial charge < -0.3 is 15.2 Å². The molecule has 6 nitrogen and oxygen atoms in total. The standard InChI is InChI=1S/C10H9BrClF3N2O4/c11-7-1-6(21-10(13,14)15)2-8(17(19)20)9(7)16-4-5(18)3-12/h1-2,5,16,18H,3-4H2. The van der Waals surface area contributed by atoms with Gasteiger partial charge in [0.05, 0.1) is 27.4 Å². The molecule has 21 heavy (non-hydrogen) atoms. The Morgan fingerprint density at radius 3 is 2.62 bits per heavy atom. The molecule has 0 bridgehead atoms. The van der Waals surface area contributed by atoms with Gasteiger partial charge in [0.15, 0.2) is 0 Å². The second kappa shape index (κ2) is 7.14. The Morgan fingerprint density at radius 2 is 2.14 bits per heavy atom. The molecule has 0 saturated carbocycles. The molecule has 1 rings (SSSR count). The highest BCUT2D eigenvalue weighted by Gasteiger charge is 2.32. The average Bonchev–Trinajstić information content (AvgIpc) is 2.34. The van der Waals surface area contributed by atoms with Crippen molar-refractivity contribution in [2.45, 2.75) is 12.5 Å². The summed E-state index contributed by atoms with van der Waals surface area (Å²) < 4.78 is 40.0. The van der Waals surface area contributed by atoms with Crippen LogP contribution in [0.15, 0.2) is 16.6 Å². The van der Waals surface area contributed by atoms with Crippen LogP contribution in [-0.2, 0) is 0 Å². The fraction of sp³-hybridized carbons (Fsp3) is 0.400. The zero-order chi connectivity index (χ0) is 16.2. The first-order chi connectivity index (χ1) is 9.64. The van der Waals surface area contributed by atoms with E-state index in [0.717, 1.165) is 6.07 Å². The lowest BCUT2D eigenvalue weighted by Gasteiger charge is -2.14. The Hall–Kier alpha value is -1.26. The van der Waals surface area contributed by atoms with Crippen molar-refractivity contribution in [2.75, 3.05) is 17.7 Å². The number of ether oxygens (including phenoxy) is 1. The van der Waals surface area contributed by atoms with Gasteiger partial charge in [-0.1, -0.05) is 0 Å². The van der Waals surface area contributed by atoms with E-state index in [9.17, 15) is 28.4 Å². The number of rotatable bonds is 6. The second-order valence-corrected chi connectivity index (χ2v) is 4.96. The van der Waals surface area contributed by atoms with Crippen molar-refractivity contribution in [3.05, 3.63) is 26.7 Å². The summed E-state index contributed by atoms with van der Waals surface area (Å²) in [5.41, 5.74) is -0.718. The van der Waals surface area contributed by atoms with Crippen molar-refractivity contribution >= 4 is 38.9 Å². The lowest BCUT2D eigenvalue weighted by molar-refractivity contribution is -0.384. The van der Waals surface area contributed by atoms with E-state index in [1.165, 1.54) is 0 Å². The van der Waals surface area contributed by atoms with E-state index in [1.54, 1.807) is 0 Å². The van der Waals surface area contributed by atoms with Gasteiger partial charge in [0.1, 0.15) is 11.4 Å². The molecule has 0 spiro atoms. The third-order valence-corrected chi connectivity index (χ3v) is 3.15. The number of nitrogens with one attached hydrogen (secondary N) is 1. The molecule has 0 aliphatic heterocycles. The van der Waals surface area contributed by atoms with Crippen LogP contribution in [0.3, 0.4) is 0 Å². The molecule has 0 amide bonds. The van der Waals surface area contributed by atoms with Crippen LogP contribution in [0.1, 0.15) is 0 Å². The Kier molecular flexibility index (Phi) is 6.05. The number of hydrogen-bond donors (Lipinski definition) is 2. The summed E-state index contributed by atoms with van der Waals surface area (Å²) >= 11 is 8.29. The third kappa shape index (κ3) is 5.56. The molecule has 0 radical (unpaired) electrons. The van der Waals surface area contributed by atoms with E-state index < -0.39 is 28.8 Å². The van der Waals surface area contributed by atoms with Crippen LogP contribution in [-0.4, -0.2) is 34.9 Å². The second-order valence-electron chi connectivity index (χ2n) is 3.79. The number of hydrogen-bond acceptors (Lipinski definition) is 5. The molecule has 0 aromatic heterocycles. The summed E-state index contributed by atoms with van der Waals surface area (Å²) in [6, 6.07) is 1.56. The Morgan fingerprint density at radius 1 is 1.52 bits per heavy atom. The van der Waals surface area contributed by atoms with Gasteiger partial charge >= 0.3 is 6.36 Å². The first-order valence-corrected chi connectivity index (χ1v) is 6.68. The van der Waals surface area contributed by atoms with E-state index in [2.05, 4.69) is 26.0 Å². The first-order valence-electron chi connectivity index (χ1n) is 5.35. The third-order valence-electron chi connectivity index (χ3n) is 2.17. The van der Waals surface area contributed by atoms with Gasteiger partial charge in [0.25, 0.3) is 5.69 Å². The van der Waals surface area contributed by atoms with Gasteiger partial charge in [-0.3, -0.25) is 10.1 Å². The molecule has 0 fully saturated rings. The SMILES string of the molecule is O=[N+]([O-])c1cc(OC(F)(F)F)cc(Br)c1NCC(O)CCl. The van der Waals surface area contributed by atoms with Crippen molar-refractivity contribution in [2.24, 2.45) is 0 Å². The number of aliphatic hydroxyl groups excluding tert-OH is 1. The van der Waals surface area contributed by atoms with Gasteiger partial charge in [-0.2, -0.15) is 0 Å². The maximum absolute atomic E-state index is 12.1. The molecule has 1 unspecified atom stereocenters. The molecule has 11 heteroatoms. The molecule has 1 atom stereocenters. The molecule has 1 aromatic carbocycles. The highest BCUT2D eigenvalue weighted by Crippen LogP contribution is 2.38. The summed E-state index contributed by atoms with van der Waals surface area (Å²) in [5.74, 6) is -0.835. The fourth-order valence-electron chi connectivity index (χ4n) is 1.35. The molecule has 2 N–H and O–H groups in total. The summed E-state index contributed by atoms with van der Waals surface area (Å²) in [5, 5.41) is 22.8. The summed E-state index contributed by atoms with van der Waals surface area (Å²) in [6.45, 7) is -0.109. The first kappa shape index (κ1) is 17.8. The summed E-state index contributed by atoms with van der Waals surface area (Å²) in [4.78, 5) is 10.1. The van der Waals surface area contributed by atoms with Gasteiger partial charge in [-0.15, -0.1) is 24.8 Å². The minimum atomic E-state index is -4.96. The van der Waals surface area contributed by atoms with E-state index >= 15 is 0 Å². The molecule has 0 aliphatic carbocycles. The number of nitrogens with zero attached hydrogens (tertiary/aromatic N) is 1. The van der Waals surface area contributed by atoms with Gasteiger partial charge in [-0.05, 0) is 22.0 Å². The number of nitro benzene ring substituents is 1. The average molecular weight is 394 g/mol. The molecular formula is C10H9BrClF3N2O4. The predicted molar refractivity (Wildman–Crippen MR) is 72.7 cm³/mol. The number of aliphatic hydroxyl groups is 1.